The normalized spacial score (nSPS) is 19.7. The predicted molar refractivity (Wildman–Crippen MR) is 132 cm³/mol. The molecule has 2 fully saturated rings. The molecule has 0 bridgehead atoms. The lowest BCUT2D eigenvalue weighted by Gasteiger charge is -2.43. The van der Waals surface area contributed by atoms with Gasteiger partial charge in [0.25, 0.3) is 5.91 Å². The summed E-state index contributed by atoms with van der Waals surface area (Å²) in [5, 5.41) is 0. The number of piperazine rings is 1. The van der Waals surface area contributed by atoms with Gasteiger partial charge in [0.15, 0.2) is 11.5 Å². The van der Waals surface area contributed by atoms with Crippen LogP contribution < -0.4 is 9.47 Å². The summed E-state index contributed by atoms with van der Waals surface area (Å²) in [6.07, 6.45) is 6.29. The first-order chi connectivity index (χ1) is 16.9. The molecule has 2 aliphatic rings. The molecule has 6 nitrogen and oxygen atoms in total. The Labute approximate surface area is 207 Å². The number of rotatable bonds is 7. The number of carbonyl (C=O) groups excluding carboxylic acids is 2. The number of ether oxygens (including phenoxy) is 2. The minimum absolute atomic E-state index is 0.0339. The Bertz CT molecular complexity index is 1030. The van der Waals surface area contributed by atoms with Crippen molar-refractivity contribution in [2.24, 2.45) is 0 Å². The van der Waals surface area contributed by atoms with E-state index < -0.39 is 6.04 Å². The molecular weight excluding hydrogens is 447 g/mol. The van der Waals surface area contributed by atoms with Crippen molar-refractivity contribution in [1.82, 2.24) is 9.80 Å². The number of benzene rings is 2. The van der Waals surface area contributed by atoms with Gasteiger partial charge in [-0.3, -0.25) is 9.59 Å². The maximum absolute atomic E-state index is 14.0. The fourth-order valence-corrected chi connectivity index (χ4v) is 5.12. The van der Waals surface area contributed by atoms with Crippen LogP contribution in [0.2, 0.25) is 0 Å². The summed E-state index contributed by atoms with van der Waals surface area (Å²) in [5.74, 6) is 0.593. The van der Waals surface area contributed by atoms with E-state index in [-0.39, 0.29) is 42.9 Å². The van der Waals surface area contributed by atoms with Crippen LogP contribution in [0.25, 0.3) is 0 Å². The lowest BCUT2D eigenvalue weighted by atomic mass is 9.96. The van der Waals surface area contributed by atoms with Crippen LogP contribution in [-0.4, -0.2) is 47.4 Å². The van der Waals surface area contributed by atoms with Gasteiger partial charge in [-0.05, 0) is 62.1 Å². The van der Waals surface area contributed by atoms with Crippen molar-refractivity contribution in [2.45, 2.75) is 77.1 Å². The number of methoxy groups -OCH3 is 1. The Balaban J connectivity index is 1.71. The fourth-order valence-electron chi connectivity index (χ4n) is 5.12. The molecule has 1 aliphatic carbocycles. The SMILES string of the molecule is COc1cc([C@H]2C(=O)N(C3CCCCCC3)CC(=O)N2Cc2ccc(F)cc2)ccc1OC(C)C. The van der Waals surface area contributed by atoms with E-state index >= 15 is 0 Å². The maximum Gasteiger partial charge on any atom is 0.250 e. The minimum Gasteiger partial charge on any atom is -0.493 e. The van der Waals surface area contributed by atoms with Gasteiger partial charge in [-0.1, -0.05) is 43.9 Å². The largest absolute Gasteiger partial charge is 0.493 e. The van der Waals surface area contributed by atoms with Crippen molar-refractivity contribution in [3.8, 4) is 11.5 Å². The summed E-state index contributed by atoms with van der Waals surface area (Å²) in [5.41, 5.74) is 1.45. The lowest BCUT2D eigenvalue weighted by molar-refractivity contribution is -0.159. The Morgan fingerprint density at radius 1 is 0.971 bits per heavy atom. The van der Waals surface area contributed by atoms with Crippen molar-refractivity contribution in [1.29, 1.82) is 0 Å². The van der Waals surface area contributed by atoms with Gasteiger partial charge in [0.1, 0.15) is 18.4 Å². The first-order valence-corrected chi connectivity index (χ1v) is 12.6. The molecule has 188 valence electrons. The van der Waals surface area contributed by atoms with Gasteiger partial charge in [-0.25, -0.2) is 4.39 Å². The van der Waals surface area contributed by atoms with E-state index in [1.807, 2.05) is 19.9 Å². The smallest absolute Gasteiger partial charge is 0.250 e. The van der Waals surface area contributed by atoms with Crippen molar-refractivity contribution in [2.75, 3.05) is 13.7 Å². The maximum atomic E-state index is 14.0. The highest BCUT2D eigenvalue weighted by atomic mass is 19.1. The summed E-state index contributed by atoms with van der Waals surface area (Å²) in [7, 11) is 1.56. The van der Waals surface area contributed by atoms with Crippen LogP contribution >= 0.6 is 0 Å². The van der Waals surface area contributed by atoms with Crippen LogP contribution in [0.5, 0.6) is 11.5 Å². The van der Waals surface area contributed by atoms with E-state index in [0.29, 0.717) is 17.1 Å². The van der Waals surface area contributed by atoms with Gasteiger partial charge < -0.3 is 19.3 Å². The second kappa shape index (κ2) is 11.1. The molecule has 0 aromatic heterocycles. The number of carbonyl (C=O) groups is 2. The molecule has 0 spiro atoms. The van der Waals surface area contributed by atoms with Crippen LogP contribution in [0.1, 0.15) is 69.5 Å². The predicted octanol–water partition coefficient (Wildman–Crippen LogP) is 5.26. The van der Waals surface area contributed by atoms with Gasteiger partial charge in [0.05, 0.1) is 13.2 Å². The molecule has 0 unspecified atom stereocenters. The molecule has 2 aromatic carbocycles. The molecule has 2 amide bonds. The second-order valence-electron chi connectivity index (χ2n) is 9.74. The zero-order valence-corrected chi connectivity index (χ0v) is 20.8. The minimum atomic E-state index is -0.786. The standard InChI is InChI=1S/C28H35FN2O4/c1-19(2)35-24-15-12-21(16-25(24)34-3)27-28(33)30(23-8-6-4-5-7-9-23)18-26(32)31(27)17-20-10-13-22(29)14-11-20/h10-16,19,23,27H,4-9,17-18H2,1-3H3/t27-/m0/s1. The van der Waals surface area contributed by atoms with E-state index in [2.05, 4.69) is 0 Å². The number of halogens is 1. The highest BCUT2D eigenvalue weighted by Gasteiger charge is 2.43. The average molecular weight is 483 g/mol. The van der Waals surface area contributed by atoms with Gasteiger partial charge in [0, 0.05) is 12.6 Å². The third-order valence-corrected chi connectivity index (χ3v) is 6.85. The molecule has 1 atom stereocenters. The monoisotopic (exact) mass is 482 g/mol. The highest BCUT2D eigenvalue weighted by Crippen LogP contribution is 2.37. The first-order valence-electron chi connectivity index (χ1n) is 12.6. The zero-order valence-electron chi connectivity index (χ0n) is 20.8. The molecule has 7 heteroatoms. The Morgan fingerprint density at radius 2 is 1.66 bits per heavy atom. The third kappa shape index (κ3) is 5.77. The van der Waals surface area contributed by atoms with Gasteiger partial charge >= 0.3 is 0 Å². The fraction of sp³-hybridized carbons (Fsp3) is 0.500. The van der Waals surface area contributed by atoms with Crippen molar-refractivity contribution in [3.05, 3.63) is 59.4 Å². The molecule has 4 rings (SSSR count). The van der Waals surface area contributed by atoms with Crippen molar-refractivity contribution in [3.63, 3.8) is 0 Å². The third-order valence-electron chi connectivity index (χ3n) is 6.85. The molecule has 2 aromatic rings. The van der Waals surface area contributed by atoms with Crippen LogP contribution in [0.4, 0.5) is 4.39 Å². The molecule has 0 N–H and O–H groups in total. The van der Waals surface area contributed by atoms with Crippen LogP contribution in [0.3, 0.4) is 0 Å². The van der Waals surface area contributed by atoms with Crippen LogP contribution in [0.15, 0.2) is 42.5 Å². The summed E-state index contributed by atoms with van der Waals surface area (Å²) in [6, 6.07) is 10.8. The van der Waals surface area contributed by atoms with E-state index in [0.717, 1.165) is 31.2 Å². The number of amides is 2. The second-order valence-corrected chi connectivity index (χ2v) is 9.74. The summed E-state index contributed by atoms with van der Waals surface area (Å²) in [4.78, 5) is 30.9. The summed E-state index contributed by atoms with van der Waals surface area (Å²) in [6.45, 7) is 4.17. The molecule has 1 aliphatic heterocycles. The van der Waals surface area contributed by atoms with Gasteiger partial charge in [0.2, 0.25) is 5.91 Å². The molecule has 35 heavy (non-hydrogen) atoms. The van der Waals surface area contributed by atoms with E-state index in [9.17, 15) is 14.0 Å². The Morgan fingerprint density at radius 3 is 2.29 bits per heavy atom. The summed E-state index contributed by atoms with van der Waals surface area (Å²) >= 11 is 0. The Hall–Kier alpha value is -3.09. The Kier molecular flexibility index (Phi) is 7.93. The molecule has 1 saturated carbocycles. The van der Waals surface area contributed by atoms with E-state index in [1.54, 1.807) is 41.2 Å². The topological polar surface area (TPSA) is 59.1 Å². The quantitative estimate of drug-likeness (QED) is 0.506. The van der Waals surface area contributed by atoms with Gasteiger partial charge in [-0.2, -0.15) is 0 Å². The lowest BCUT2D eigenvalue weighted by Crippen LogP contribution is -2.57. The highest BCUT2D eigenvalue weighted by molar-refractivity contribution is 5.96. The molecule has 0 radical (unpaired) electrons. The van der Waals surface area contributed by atoms with E-state index in [1.165, 1.54) is 25.0 Å². The number of nitrogens with zero attached hydrogens (tertiary/aromatic N) is 2. The van der Waals surface area contributed by atoms with Crippen molar-refractivity contribution < 1.29 is 23.5 Å². The number of hydrogen-bond acceptors (Lipinski definition) is 4. The van der Waals surface area contributed by atoms with E-state index in [4.69, 9.17) is 9.47 Å². The zero-order chi connectivity index (χ0) is 24.9. The molecule has 1 heterocycles. The number of hydrogen-bond donors (Lipinski definition) is 0. The molecule has 1 saturated heterocycles. The van der Waals surface area contributed by atoms with Crippen LogP contribution in [-0.2, 0) is 16.1 Å². The summed E-state index contributed by atoms with van der Waals surface area (Å²) < 4.78 is 24.9. The van der Waals surface area contributed by atoms with Crippen LogP contribution in [0, 0.1) is 5.82 Å². The van der Waals surface area contributed by atoms with Gasteiger partial charge in [-0.15, -0.1) is 0 Å². The molecular formula is C28H35FN2O4. The first kappa shape index (κ1) is 25.0. The van der Waals surface area contributed by atoms with Crippen molar-refractivity contribution >= 4 is 11.8 Å². The average Bonchev–Trinajstić information content (AvgIpc) is 3.12.